The minimum absolute atomic E-state index is 0.0758. The molecule has 134 valence electrons. The number of thiophene rings is 1. The summed E-state index contributed by atoms with van der Waals surface area (Å²) in [6, 6.07) is 12.8. The molecule has 1 amide bonds. The van der Waals surface area contributed by atoms with Crippen molar-refractivity contribution in [2.45, 2.75) is 19.8 Å². The topological polar surface area (TPSA) is 79.5 Å². The number of carboxylic acid groups (broad SMARTS) is 1. The molecule has 7 heteroatoms. The number of nitrogens with one attached hydrogen (secondary N) is 1. The molecule has 0 spiro atoms. The summed E-state index contributed by atoms with van der Waals surface area (Å²) in [5, 5.41) is 12.1. The Morgan fingerprint density at radius 3 is 2.38 bits per heavy atom. The SMILES string of the molecule is CC(C)c1ccc(-c2cc(NC(=O)c3ccc(Br)o3)c(C(=O)O)s2)cc1. The predicted octanol–water partition coefficient (Wildman–Crippen LogP) is 5.84. The van der Waals surface area contributed by atoms with Gasteiger partial charge in [-0.3, -0.25) is 4.79 Å². The molecule has 2 aromatic heterocycles. The van der Waals surface area contributed by atoms with Crippen molar-refractivity contribution in [2.24, 2.45) is 0 Å². The highest BCUT2D eigenvalue weighted by molar-refractivity contribution is 9.10. The summed E-state index contributed by atoms with van der Waals surface area (Å²) in [7, 11) is 0. The zero-order valence-electron chi connectivity index (χ0n) is 14.1. The summed E-state index contributed by atoms with van der Waals surface area (Å²) < 4.78 is 5.63. The van der Waals surface area contributed by atoms with Crippen molar-refractivity contribution in [3.63, 3.8) is 0 Å². The third-order valence-corrected chi connectivity index (χ3v) is 5.43. The van der Waals surface area contributed by atoms with Gasteiger partial charge in [-0.15, -0.1) is 11.3 Å². The molecule has 3 rings (SSSR count). The molecule has 0 atom stereocenters. The molecule has 0 saturated heterocycles. The number of benzene rings is 1. The molecule has 0 aliphatic carbocycles. The largest absolute Gasteiger partial charge is 0.477 e. The number of carboxylic acids is 1. The van der Waals surface area contributed by atoms with Crippen LogP contribution in [0.15, 0.2) is 51.6 Å². The third kappa shape index (κ3) is 3.89. The maximum absolute atomic E-state index is 12.3. The molecule has 26 heavy (non-hydrogen) atoms. The van der Waals surface area contributed by atoms with E-state index < -0.39 is 11.9 Å². The molecule has 0 aliphatic heterocycles. The number of aromatic carboxylic acids is 1. The van der Waals surface area contributed by atoms with Crippen molar-refractivity contribution >= 4 is 44.8 Å². The molecule has 2 heterocycles. The Labute approximate surface area is 162 Å². The average Bonchev–Trinajstić information content (AvgIpc) is 3.21. The molecule has 0 fully saturated rings. The number of hydrogen-bond acceptors (Lipinski definition) is 4. The first-order valence-corrected chi connectivity index (χ1v) is 9.50. The Balaban J connectivity index is 1.91. The van der Waals surface area contributed by atoms with Crippen LogP contribution in [0.2, 0.25) is 0 Å². The van der Waals surface area contributed by atoms with Gasteiger partial charge in [0.2, 0.25) is 0 Å². The monoisotopic (exact) mass is 433 g/mol. The number of hydrogen-bond donors (Lipinski definition) is 2. The van der Waals surface area contributed by atoms with Gasteiger partial charge >= 0.3 is 5.97 Å². The molecule has 0 bridgehead atoms. The highest BCUT2D eigenvalue weighted by Gasteiger charge is 2.20. The van der Waals surface area contributed by atoms with Crippen LogP contribution in [0.3, 0.4) is 0 Å². The second kappa shape index (κ2) is 7.47. The lowest BCUT2D eigenvalue weighted by atomic mass is 10.0. The van der Waals surface area contributed by atoms with Gasteiger partial charge in [0.05, 0.1) is 5.69 Å². The molecule has 2 N–H and O–H groups in total. The van der Waals surface area contributed by atoms with Crippen molar-refractivity contribution in [2.75, 3.05) is 5.32 Å². The summed E-state index contributed by atoms with van der Waals surface area (Å²) in [5.41, 5.74) is 2.37. The second-order valence-corrected chi connectivity index (χ2v) is 7.83. The number of anilines is 1. The lowest BCUT2D eigenvalue weighted by Gasteiger charge is -2.05. The summed E-state index contributed by atoms with van der Waals surface area (Å²) in [6.45, 7) is 4.23. The maximum Gasteiger partial charge on any atom is 0.348 e. The van der Waals surface area contributed by atoms with E-state index in [-0.39, 0.29) is 16.3 Å². The molecule has 0 unspecified atom stereocenters. The second-order valence-electron chi connectivity index (χ2n) is 5.99. The first-order valence-electron chi connectivity index (χ1n) is 7.89. The zero-order chi connectivity index (χ0) is 18.8. The van der Waals surface area contributed by atoms with E-state index >= 15 is 0 Å². The van der Waals surface area contributed by atoms with E-state index in [1.54, 1.807) is 12.1 Å². The molecule has 0 radical (unpaired) electrons. The van der Waals surface area contributed by atoms with Crippen LogP contribution < -0.4 is 5.32 Å². The fourth-order valence-electron chi connectivity index (χ4n) is 2.44. The maximum atomic E-state index is 12.3. The van der Waals surface area contributed by atoms with Crippen molar-refractivity contribution in [3.8, 4) is 10.4 Å². The fourth-order valence-corrected chi connectivity index (χ4v) is 3.70. The standard InChI is InChI=1S/C19H16BrNO4S/c1-10(2)11-3-5-12(6-4-11)15-9-13(17(26-15)19(23)24)21-18(22)14-7-8-16(20)25-14/h3-10H,1-2H3,(H,21,22)(H,23,24). The van der Waals surface area contributed by atoms with Crippen molar-refractivity contribution in [3.05, 3.63) is 63.3 Å². The normalized spacial score (nSPS) is 10.9. The highest BCUT2D eigenvalue weighted by atomic mass is 79.9. The number of carbonyl (C=O) groups excluding carboxylic acids is 1. The van der Waals surface area contributed by atoms with Gasteiger partial charge in [0.15, 0.2) is 10.4 Å². The lowest BCUT2D eigenvalue weighted by molar-refractivity contribution is 0.0703. The van der Waals surface area contributed by atoms with Gasteiger partial charge in [0.25, 0.3) is 5.91 Å². The Morgan fingerprint density at radius 1 is 1.15 bits per heavy atom. The van der Waals surface area contributed by atoms with E-state index in [0.29, 0.717) is 10.6 Å². The number of carbonyl (C=O) groups is 2. The molecule has 5 nitrogen and oxygen atoms in total. The minimum Gasteiger partial charge on any atom is -0.477 e. The van der Waals surface area contributed by atoms with Crippen molar-refractivity contribution < 1.29 is 19.1 Å². The summed E-state index contributed by atoms with van der Waals surface area (Å²) in [5.74, 6) is -1.07. The molecule has 0 aliphatic rings. The molecule has 3 aromatic rings. The van der Waals surface area contributed by atoms with E-state index in [1.807, 2.05) is 24.3 Å². The van der Waals surface area contributed by atoms with Crippen LogP contribution in [0.5, 0.6) is 0 Å². The molecular weight excluding hydrogens is 418 g/mol. The predicted molar refractivity (Wildman–Crippen MR) is 105 cm³/mol. The minimum atomic E-state index is -1.09. The van der Waals surface area contributed by atoms with E-state index in [0.717, 1.165) is 21.8 Å². The van der Waals surface area contributed by atoms with Crippen molar-refractivity contribution in [1.82, 2.24) is 0 Å². The molecule has 1 aromatic carbocycles. The summed E-state index contributed by atoms with van der Waals surface area (Å²) in [4.78, 5) is 24.7. The summed E-state index contributed by atoms with van der Waals surface area (Å²) >= 11 is 4.26. The van der Waals surface area contributed by atoms with Gasteiger partial charge in [-0.2, -0.15) is 0 Å². The number of rotatable bonds is 5. The smallest absolute Gasteiger partial charge is 0.348 e. The van der Waals surface area contributed by atoms with Crippen LogP contribution in [-0.2, 0) is 0 Å². The number of halogens is 1. The quantitative estimate of drug-likeness (QED) is 0.529. The van der Waals surface area contributed by atoms with Crippen LogP contribution in [0.25, 0.3) is 10.4 Å². The van der Waals surface area contributed by atoms with E-state index in [2.05, 4.69) is 35.1 Å². The Hall–Kier alpha value is -2.38. The molecule has 0 saturated carbocycles. The van der Waals surface area contributed by atoms with Gasteiger partial charge in [0, 0.05) is 4.88 Å². The lowest BCUT2D eigenvalue weighted by Crippen LogP contribution is -2.12. The Bertz CT molecular complexity index is 956. The Kier molecular flexibility index (Phi) is 5.29. The zero-order valence-corrected chi connectivity index (χ0v) is 16.5. The van der Waals surface area contributed by atoms with E-state index in [4.69, 9.17) is 4.42 Å². The van der Waals surface area contributed by atoms with Crippen LogP contribution in [-0.4, -0.2) is 17.0 Å². The first-order chi connectivity index (χ1) is 12.3. The molecular formula is C19H16BrNO4S. The summed E-state index contributed by atoms with van der Waals surface area (Å²) in [6.07, 6.45) is 0. The number of amides is 1. The Morgan fingerprint density at radius 2 is 1.85 bits per heavy atom. The van der Waals surface area contributed by atoms with Crippen molar-refractivity contribution in [1.29, 1.82) is 0 Å². The van der Waals surface area contributed by atoms with Crippen LogP contribution in [0, 0.1) is 0 Å². The van der Waals surface area contributed by atoms with Gasteiger partial charge < -0.3 is 14.8 Å². The van der Waals surface area contributed by atoms with Gasteiger partial charge in [-0.05, 0) is 51.2 Å². The van der Waals surface area contributed by atoms with Gasteiger partial charge in [0.1, 0.15) is 4.88 Å². The van der Waals surface area contributed by atoms with E-state index in [9.17, 15) is 14.7 Å². The highest BCUT2D eigenvalue weighted by Crippen LogP contribution is 2.35. The third-order valence-electron chi connectivity index (χ3n) is 3.83. The van der Waals surface area contributed by atoms with Crippen LogP contribution in [0.1, 0.15) is 45.6 Å². The van der Waals surface area contributed by atoms with Crippen LogP contribution >= 0.6 is 27.3 Å². The van der Waals surface area contributed by atoms with Gasteiger partial charge in [-0.25, -0.2) is 4.79 Å². The number of furan rings is 1. The average molecular weight is 434 g/mol. The van der Waals surface area contributed by atoms with E-state index in [1.165, 1.54) is 11.6 Å². The first kappa shape index (κ1) is 18.4. The van der Waals surface area contributed by atoms with Crippen LogP contribution in [0.4, 0.5) is 5.69 Å². The van der Waals surface area contributed by atoms with Gasteiger partial charge in [-0.1, -0.05) is 38.1 Å². The fraction of sp³-hybridized carbons (Fsp3) is 0.158.